The van der Waals surface area contributed by atoms with Crippen molar-refractivity contribution >= 4 is 29.4 Å². The fraction of sp³-hybridized carbons (Fsp3) is 0.471. The summed E-state index contributed by atoms with van der Waals surface area (Å²) in [4.78, 5) is 34.7. The molecular weight excluding hydrogens is 332 g/mol. The van der Waals surface area contributed by atoms with Gasteiger partial charge in [-0.15, -0.1) is 0 Å². The maximum atomic E-state index is 11.8. The molecule has 6 nitrogen and oxygen atoms in total. The second-order valence-electron chi connectivity index (χ2n) is 5.50. The topological polar surface area (TPSA) is 84.5 Å². The number of carbonyl (C=O) groups is 3. The van der Waals surface area contributed by atoms with Crippen LogP contribution in [0.1, 0.15) is 43.5 Å². The van der Waals surface area contributed by atoms with E-state index in [1.807, 2.05) is 0 Å². The van der Waals surface area contributed by atoms with Gasteiger partial charge in [-0.1, -0.05) is 11.6 Å². The van der Waals surface area contributed by atoms with Gasteiger partial charge in [-0.25, -0.2) is 0 Å². The van der Waals surface area contributed by atoms with Gasteiger partial charge in [0.2, 0.25) is 5.91 Å². The summed E-state index contributed by atoms with van der Waals surface area (Å²) in [7, 11) is 0. The van der Waals surface area contributed by atoms with Crippen molar-refractivity contribution in [3.05, 3.63) is 34.9 Å². The van der Waals surface area contributed by atoms with Gasteiger partial charge in [0.1, 0.15) is 0 Å². The summed E-state index contributed by atoms with van der Waals surface area (Å²) >= 11 is 5.76. The van der Waals surface area contributed by atoms with Crippen LogP contribution in [0.5, 0.6) is 0 Å². The Morgan fingerprint density at radius 1 is 1.04 bits per heavy atom. The zero-order valence-corrected chi connectivity index (χ0v) is 14.7. The van der Waals surface area contributed by atoms with E-state index in [0.717, 1.165) is 0 Å². The minimum absolute atomic E-state index is 0.150. The lowest BCUT2D eigenvalue weighted by molar-refractivity contribution is -0.147. The zero-order chi connectivity index (χ0) is 17.9. The fourth-order valence-corrected chi connectivity index (χ4v) is 1.99. The summed E-state index contributed by atoms with van der Waals surface area (Å²) < 4.78 is 4.96. The highest BCUT2D eigenvalue weighted by Crippen LogP contribution is 2.09. The predicted molar refractivity (Wildman–Crippen MR) is 91.9 cm³/mol. The second-order valence-corrected chi connectivity index (χ2v) is 5.94. The standard InChI is InChI=1S/C17H23ClN2O4/c1-12(2)24-16(22)9-11-19-15(21)4-3-10-20-17(23)13-5-7-14(18)8-6-13/h5-8,12H,3-4,9-11H2,1-2H3,(H,19,21)(H,20,23). The van der Waals surface area contributed by atoms with Gasteiger partial charge in [-0.05, 0) is 44.5 Å². The SMILES string of the molecule is CC(C)OC(=O)CCNC(=O)CCCNC(=O)c1ccc(Cl)cc1. The van der Waals surface area contributed by atoms with Gasteiger partial charge in [0, 0.05) is 30.1 Å². The first-order valence-electron chi connectivity index (χ1n) is 7.88. The molecule has 0 aliphatic rings. The van der Waals surface area contributed by atoms with Gasteiger partial charge < -0.3 is 15.4 Å². The van der Waals surface area contributed by atoms with E-state index in [1.54, 1.807) is 38.1 Å². The Balaban J connectivity index is 2.12. The average Bonchev–Trinajstić information content (AvgIpc) is 2.51. The highest BCUT2D eigenvalue weighted by Gasteiger charge is 2.08. The van der Waals surface area contributed by atoms with Gasteiger partial charge in [0.05, 0.1) is 12.5 Å². The number of halogens is 1. The molecule has 0 unspecified atom stereocenters. The number of esters is 1. The zero-order valence-electron chi connectivity index (χ0n) is 13.9. The number of rotatable bonds is 9. The van der Waals surface area contributed by atoms with Crippen molar-refractivity contribution in [2.45, 2.75) is 39.2 Å². The van der Waals surface area contributed by atoms with Crippen LogP contribution < -0.4 is 10.6 Å². The number of hydrogen-bond acceptors (Lipinski definition) is 4. The van der Waals surface area contributed by atoms with Crippen molar-refractivity contribution in [2.75, 3.05) is 13.1 Å². The van der Waals surface area contributed by atoms with E-state index in [4.69, 9.17) is 16.3 Å². The Morgan fingerprint density at radius 3 is 2.33 bits per heavy atom. The molecule has 1 rings (SSSR count). The lowest BCUT2D eigenvalue weighted by Crippen LogP contribution is -2.29. The molecule has 1 aromatic rings. The van der Waals surface area contributed by atoms with E-state index in [9.17, 15) is 14.4 Å². The van der Waals surface area contributed by atoms with Crippen molar-refractivity contribution in [3.8, 4) is 0 Å². The summed E-state index contributed by atoms with van der Waals surface area (Å²) in [5.74, 6) is -0.697. The summed E-state index contributed by atoms with van der Waals surface area (Å²) in [6.07, 6.45) is 0.788. The molecule has 0 saturated heterocycles. The van der Waals surface area contributed by atoms with Gasteiger partial charge >= 0.3 is 5.97 Å². The molecule has 0 aliphatic heterocycles. The van der Waals surface area contributed by atoms with E-state index >= 15 is 0 Å². The van der Waals surface area contributed by atoms with Crippen molar-refractivity contribution in [1.82, 2.24) is 10.6 Å². The third-order valence-corrected chi connectivity index (χ3v) is 3.24. The van der Waals surface area contributed by atoms with E-state index in [-0.39, 0.29) is 43.3 Å². The summed E-state index contributed by atoms with van der Waals surface area (Å²) in [5.41, 5.74) is 0.521. The van der Waals surface area contributed by atoms with Crippen molar-refractivity contribution in [1.29, 1.82) is 0 Å². The van der Waals surface area contributed by atoms with Crippen molar-refractivity contribution in [2.24, 2.45) is 0 Å². The molecule has 2 N–H and O–H groups in total. The maximum absolute atomic E-state index is 11.8. The van der Waals surface area contributed by atoms with E-state index in [1.165, 1.54) is 0 Å². The maximum Gasteiger partial charge on any atom is 0.307 e. The quantitative estimate of drug-likeness (QED) is 0.526. The Morgan fingerprint density at radius 2 is 1.71 bits per heavy atom. The Hall–Kier alpha value is -2.08. The predicted octanol–water partition coefficient (Wildman–Crippen LogP) is 2.31. The van der Waals surface area contributed by atoms with E-state index in [2.05, 4.69) is 10.6 Å². The van der Waals surface area contributed by atoms with Crippen LogP contribution in [0, 0.1) is 0 Å². The van der Waals surface area contributed by atoms with Crippen LogP contribution in [0.15, 0.2) is 24.3 Å². The van der Waals surface area contributed by atoms with Gasteiger partial charge in [-0.2, -0.15) is 0 Å². The fourth-order valence-electron chi connectivity index (χ4n) is 1.87. The molecule has 132 valence electrons. The molecule has 0 spiro atoms. The van der Waals surface area contributed by atoms with Crippen LogP contribution in [-0.2, 0) is 14.3 Å². The van der Waals surface area contributed by atoms with Crippen LogP contribution in [0.3, 0.4) is 0 Å². The third-order valence-electron chi connectivity index (χ3n) is 2.99. The molecule has 0 bridgehead atoms. The van der Waals surface area contributed by atoms with Gasteiger partial charge in [0.15, 0.2) is 0 Å². The van der Waals surface area contributed by atoms with E-state index < -0.39 is 0 Å². The highest BCUT2D eigenvalue weighted by molar-refractivity contribution is 6.30. The first kappa shape index (κ1) is 20.0. The Kier molecular flexibility index (Phi) is 8.86. The van der Waals surface area contributed by atoms with Crippen LogP contribution in [-0.4, -0.2) is 37.0 Å². The lowest BCUT2D eigenvalue weighted by atomic mass is 10.2. The van der Waals surface area contributed by atoms with Crippen LogP contribution >= 0.6 is 11.6 Å². The number of benzene rings is 1. The molecular formula is C17H23ClN2O4. The number of hydrogen-bond donors (Lipinski definition) is 2. The van der Waals surface area contributed by atoms with Gasteiger partial charge in [0.25, 0.3) is 5.91 Å². The molecule has 0 saturated carbocycles. The molecule has 0 aliphatic carbocycles. The minimum atomic E-state index is -0.333. The molecule has 2 amide bonds. The molecule has 24 heavy (non-hydrogen) atoms. The molecule has 1 aromatic carbocycles. The first-order chi connectivity index (χ1) is 11.4. The Labute approximate surface area is 146 Å². The lowest BCUT2D eigenvalue weighted by Gasteiger charge is -2.09. The third kappa shape index (κ3) is 8.53. The first-order valence-corrected chi connectivity index (χ1v) is 8.26. The molecule has 0 fully saturated rings. The molecule has 0 radical (unpaired) electrons. The average molecular weight is 355 g/mol. The van der Waals surface area contributed by atoms with E-state index in [0.29, 0.717) is 23.6 Å². The molecule has 0 heterocycles. The largest absolute Gasteiger partial charge is 0.463 e. The number of ether oxygens (including phenoxy) is 1. The van der Waals surface area contributed by atoms with Crippen molar-refractivity contribution in [3.63, 3.8) is 0 Å². The van der Waals surface area contributed by atoms with Gasteiger partial charge in [-0.3, -0.25) is 14.4 Å². The van der Waals surface area contributed by atoms with Crippen LogP contribution in [0.2, 0.25) is 5.02 Å². The Bertz CT molecular complexity index is 558. The minimum Gasteiger partial charge on any atom is -0.463 e. The number of amides is 2. The van der Waals surface area contributed by atoms with Crippen molar-refractivity contribution < 1.29 is 19.1 Å². The monoisotopic (exact) mass is 354 g/mol. The number of carbonyl (C=O) groups excluding carboxylic acids is 3. The highest BCUT2D eigenvalue weighted by atomic mass is 35.5. The summed E-state index contributed by atoms with van der Waals surface area (Å²) in [6.45, 7) is 4.19. The summed E-state index contributed by atoms with van der Waals surface area (Å²) in [6, 6.07) is 6.57. The molecule has 0 atom stereocenters. The van der Waals surface area contributed by atoms with Crippen LogP contribution in [0.25, 0.3) is 0 Å². The molecule has 0 aromatic heterocycles. The van der Waals surface area contributed by atoms with Crippen LogP contribution in [0.4, 0.5) is 0 Å². The molecule has 7 heteroatoms. The smallest absolute Gasteiger partial charge is 0.307 e. The normalized spacial score (nSPS) is 10.3. The second kappa shape index (κ2) is 10.6. The number of nitrogens with one attached hydrogen (secondary N) is 2. The summed E-state index contributed by atoms with van der Waals surface area (Å²) in [5, 5.41) is 5.95.